The monoisotopic (exact) mass is 602 g/mol. The number of hydrogen-bond acceptors (Lipinski definition) is 8. The summed E-state index contributed by atoms with van der Waals surface area (Å²) in [6.07, 6.45) is 0.643. The molecular formula is C28H26ClF3N6O2S. The predicted molar refractivity (Wildman–Crippen MR) is 153 cm³/mol. The first-order valence-corrected chi connectivity index (χ1v) is 14.4. The number of aromatic nitrogens is 3. The van der Waals surface area contributed by atoms with Crippen molar-refractivity contribution in [3.05, 3.63) is 53.0 Å². The van der Waals surface area contributed by atoms with E-state index in [1.54, 1.807) is 11.0 Å². The number of rotatable bonds is 6. The average Bonchev–Trinajstić information content (AvgIpc) is 3.59. The number of piperazine rings is 1. The molecule has 1 amide bonds. The molecule has 214 valence electrons. The van der Waals surface area contributed by atoms with Crippen LogP contribution in [0.4, 0.5) is 19.0 Å². The Bertz CT molecular complexity index is 1660. The highest BCUT2D eigenvalue weighted by Crippen LogP contribution is 2.42. The lowest BCUT2D eigenvalue weighted by Crippen LogP contribution is -2.48. The van der Waals surface area contributed by atoms with E-state index in [-0.39, 0.29) is 40.7 Å². The van der Waals surface area contributed by atoms with Crippen molar-refractivity contribution < 1.29 is 22.7 Å². The zero-order chi connectivity index (χ0) is 28.8. The zero-order valence-corrected chi connectivity index (χ0v) is 23.7. The third-order valence-electron chi connectivity index (χ3n) is 7.66. The van der Waals surface area contributed by atoms with E-state index in [4.69, 9.17) is 16.3 Å². The van der Waals surface area contributed by atoms with Gasteiger partial charge in [-0.05, 0) is 37.7 Å². The van der Waals surface area contributed by atoms with Gasteiger partial charge in [0.2, 0.25) is 5.91 Å². The lowest BCUT2D eigenvalue weighted by Gasteiger charge is -2.35. The van der Waals surface area contributed by atoms with E-state index < -0.39 is 17.8 Å². The van der Waals surface area contributed by atoms with Crippen molar-refractivity contribution in [2.75, 3.05) is 51.3 Å². The third-order valence-corrected chi connectivity index (χ3v) is 8.79. The fraction of sp³-hybridized carbons (Fsp3) is 0.357. The first kappa shape index (κ1) is 27.7. The minimum Gasteiger partial charge on any atom is -0.462 e. The summed E-state index contributed by atoms with van der Waals surface area (Å²) < 4.78 is 51.0. The smallest absolute Gasteiger partial charge is 0.319 e. The number of likely N-dealkylation sites (tertiary alicyclic amines) is 1. The van der Waals surface area contributed by atoms with Crippen molar-refractivity contribution in [3.63, 3.8) is 0 Å². The highest BCUT2D eigenvalue weighted by atomic mass is 35.5. The molecule has 2 aliphatic rings. The maximum atomic E-state index is 16.5. The van der Waals surface area contributed by atoms with Gasteiger partial charge in [-0.15, -0.1) is 11.3 Å². The van der Waals surface area contributed by atoms with Crippen molar-refractivity contribution in [3.8, 4) is 17.1 Å². The molecule has 0 aliphatic carbocycles. The highest BCUT2D eigenvalue weighted by molar-refractivity contribution is 7.16. The summed E-state index contributed by atoms with van der Waals surface area (Å²) in [7, 11) is 1.82. The molecule has 2 fully saturated rings. The van der Waals surface area contributed by atoms with E-state index in [1.165, 1.54) is 23.7 Å². The Morgan fingerprint density at radius 2 is 2.00 bits per heavy atom. The number of amides is 1. The van der Waals surface area contributed by atoms with Crippen molar-refractivity contribution in [1.29, 1.82) is 0 Å². The van der Waals surface area contributed by atoms with Gasteiger partial charge in [0, 0.05) is 55.3 Å². The number of hydrogen-bond donors (Lipinski definition) is 0. The predicted octanol–water partition coefficient (Wildman–Crippen LogP) is 5.09. The van der Waals surface area contributed by atoms with Crippen LogP contribution in [-0.4, -0.2) is 89.3 Å². The van der Waals surface area contributed by atoms with Gasteiger partial charge in [-0.2, -0.15) is 9.97 Å². The summed E-state index contributed by atoms with van der Waals surface area (Å²) >= 11 is 7.81. The summed E-state index contributed by atoms with van der Waals surface area (Å²) in [6.45, 7) is 5.69. The van der Waals surface area contributed by atoms with Gasteiger partial charge in [-0.1, -0.05) is 18.2 Å². The van der Waals surface area contributed by atoms with Gasteiger partial charge in [0.1, 0.15) is 29.9 Å². The number of anilines is 1. The number of carbonyl (C=O) groups is 1. The minimum atomic E-state index is -0.948. The third kappa shape index (κ3) is 5.08. The molecule has 13 heteroatoms. The van der Waals surface area contributed by atoms with Gasteiger partial charge in [0.15, 0.2) is 5.82 Å². The number of halogens is 4. The summed E-state index contributed by atoms with van der Waals surface area (Å²) in [5, 5.41) is 0.460. The minimum absolute atomic E-state index is 0.0233. The van der Waals surface area contributed by atoms with Crippen LogP contribution in [-0.2, 0) is 4.79 Å². The largest absolute Gasteiger partial charge is 0.462 e. The second-order valence-corrected chi connectivity index (χ2v) is 11.4. The second kappa shape index (κ2) is 11.1. The molecule has 0 spiro atoms. The number of benzene rings is 2. The van der Waals surface area contributed by atoms with Gasteiger partial charge < -0.3 is 14.5 Å². The Morgan fingerprint density at radius 3 is 2.71 bits per heavy atom. The molecule has 4 aromatic rings. The molecule has 2 aliphatic heterocycles. The number of carbonyl (C=O) groups excluding carboxylic acids is 1. The standard InChI is InChI=1S/C28H26ClF3N6O2S/c1-3-21(39)37-6-8-38(9-7-37)27-18-11-19(29)22(17-4-5-20(31)26-25(17)33-14-41-26)23(32)24(18)34-28(35-27)40-13-16-10-15(30)12-36(16)2/h3-5,11,14-16H,1,6-10,12-13H2,2H3/t15-,16-/m0/s1. The topological polar surface area (TPSA) is 74.7 Å². The number of alkyl halides is 1. The quantitative estimate of drug-likeness (QED) is 0.285. The molecule has 2 aromatic heterocycles. The maximum Gasteiger partial charge on any atom is 0.319 e. The molecule has 2 saturated heterocycles. The fourth-order valence-corrected chi connectivity index (χ4v) is 6.49. The van der Waals surface area contributed by atoms with Crippen molar-refractivity contribution in [1.82, 2.24) is 24.8 Å². The molecular weight excluding hydrogens is 577 g/mol. The van der Waals surface area contributed by atoms with Crippen molar-refractivity contribution in [2.45, 2.75) is 18.6 Å². The van der Waals surface area contributed by atoms with E-state index in [9.17, 15) is 13.6 Å². The Kier molecular flexibility index (Phi) is 7.47. The van der Waals surface area contributed by atoms with Crippen LogP contribution in [0, 0.1) is 11.6 Å². The SMILES string of the molecule is C=CC(=O)N1CCN(c2nc(OC[C@@H]3C[C@H](F)CN3C)nc3c(F)c(-c4ccc(F)c5scnc45)c(Cl)cc23)CC1. The molecule has 2 atom stereocenters. The Morgan fingerprint density at radius 1 is 1.22 bits per heavy atom. The molecule has 2 aromatic carbocycles. The molecule has 8 nitrogen and oxygen atoms in total. The van der Waals surface area contributed by atoms with Gasteiger partial charge in [-0.3, -0.25) is 9.69 Å². The average molecular weight is 603 g/mol. The molecule has 0 radical (unpaired) electrons. The molecule has 4 heterocycles. The Balaban J connectivity index is 1.45. The van der Waals surface area contributed by atoms with E-state index in [0.717, 1.165) is 11.3 Å². The Hall–Kier alpha value is -3.48. The molecule has 0 saturated carbocycles. The van der Waals surface area contributed by atoms with E-state index >= 15 is 4.39 Å². The van der Waals surface area contributed by atoms with Gasteiger partial charge in [0.25, 0.3) is 0 Å². The number of nitrogens with zero attached hydrogens (tertiary/aromatic N) is 6. The zero-order valence-electron chi connectivity index (χ0n) is 22.1. The lowest BCUT2D eigenvalue weighted by atomic mass is 10.0. The van der Waals surface area contributed by atoms with Gasteiger partial charge >= 0.3 is 6.01 Å². The summed E-state index contributed by atoms with van der Waals surface area (Å²) in [4.78, 5) is 30.9. The van der Waals surface area contributed by atoms with Crippen molar-refractivity contribution >= 4 is 55.8 Å². The van der Waals surface area contributed by atoms with Crippen LogP contribution < -0.4 is 9.64 Å². The summed E-state index contributed by atoms with van der Waals surface area (Å²) in [6, 6.07) is 4.07. The maximum absolute atomic E-state index is 16.5. The van der Waals surface area contributed by atoms with Crippen LogP contribution in [0.1, 0.15) is 6.42 Å². The van der Waals surface area contributed by atoms with Crippen LogP contribution >= 0.6 is 22.9 Å². The molecule has 6 rings (SSSR count). The molecule has 0 N–H and O–H groups in total. The normalized spacial score (nSPS) is 19.8. The molecule has 41 heavy (non-hydrogen) atoms. The summed E-state index contributed by atoms with van der Waals surface area (Å²) in [5.74, 6) is -0.932. The van der Waals surface area contributed by atoms with E-state index in [0.29, 0.717) is 66.1 Å². The van der Waals surface area contributed by atoms with Crippen LogP contribution in [0.5, 0.6) is 6.01 Å². The summed E-state index contributed by atoms with van der Waals surface area (Å²) in [5.41, 5.74) is 2.16. The first-order chi connectivity index (χ1) is 19.7. The number of likely N-dealkylation sites (N-methyl/N-ethyl adjacent to an activating group) is 1. The van der Waals surface area contributed by atoms with Crippen LogP contribution in [0.15, 0.2) is 36.4 Å². The van der Waals surface area contributed by atoms with Crippen LogP contribution in [0.25, 0.3) is 32.2 Å². The molecule has 0 bridgehead atoms. The number of ether oxygens (including phenoxy) is 1. The second-order valence-electron chi connectivity index (χ2n) is 10.2. The Labute approximate surface area is 243 Å². The van der Waals surface area contributed by atoms with Crippen molar-refractivity contribution in [2.24, 2.45) is 0 Å². The lowest BCUT2D eigenvalue weighted by molar-refractivity contribution is -0.126. The van der Waals surface area contributed by atoms with E-state index in [2.05, 4.69) is 21.5 Å². The highest BCUT2D eigenvalue weighted by Gasteiger charge is 2.31. The van der Waals surface area contributed by atoms with E-state index in [1.807, 2.05) is 16.8 Å². The van der Waals surface area contributed by atoms with Gasteiger partial charge in [0.05, 0.1) is 20.7 Å². The number of fused-ring (bicyclic) bond motifs is 2. The van der Waals surface area contributed by atoms with Gasteiger partial charge in [-0.25, -0.2) is 18.2 Å². The van der Waals surface area contributed by atoms with Crippen LogP contribution in [0.2, 0.25) is 5.02 Å². The van der Waals surface area contributed by atoms with Crippen LogP contribution in [0.3, 0.4) is 0 Å². The fourth-order valence-electron chi connectivity index (χ4n) is 5.48. The molecule has 0 unspecified atom stereocenters. The first-order valence-electron chi connectivity index (χ1n) is 13.1. The number of thiazole rings is 1.